The minimum Gasteiger partial charge on any atom is -0.497 e. The minimum absolute atomic E-state index is 0.126. The van der Waals surface area contributed by atoms with Crippen molar-refractivity contribution in [2.75, 3.05) is 12.4 Å². The summed E-state index contributed by atoms with van der Waals surface area (Å²) in [6.07, 6.45) is 0. The van der Waals surface area contributed by atoms with E-state index in [2.05, 4.69) is 50.4 Å². The number of amidine groups is 1. The van der Waals surface area contributed by atoms with Gasteiger partial charge in [-0.1, -0.05) is 42.1 Å². The Bertz CT molecular complexity index is 631. The van der Waals surface area contributed by atoms with Gasteiger partial charge in [0.05, 0.1) is 12.6 Å². The van der Waals surface area contributed by atoms with Crippen LogP contribution < -0.4 is 10.1 Å². The van der Waals surface area contributed by atoms with Crippen molar-refractivity contribution in [1.82, 2.24) is 0 Å². The molecule has 0 radical (unpaired) electrons. The molecule has 3 nitrogen and oxygen atoms in total. The molecule has 2 aromatic carbocycles. The van der Waals surface area contributed by atoms with Gasteiger partial charge in [0.2, 0.25) is 0 Å². The van der Waals surface area contributed by atoms with Crippen LogP contribution in [0.2, 0.25) is 0 Å². The highest BCUT2D eigenvalue weighted by Gasteiger charge is 2.11. The van der Waals surface area contributed by atoms with Crippen molar-refractivity contribution in [3.8, 4) is 5.75 Å². The zero-order chi connectivity index (χ0) is 16.7. The van der Waals surface area contributed by atoms with Gasteiger partial charge in [-0.3, -0.25) is 4.99 Å². The molecule has 0 aromatic heterocycles. The Morgan fingerprint density at radius 3 is 2.26 bits per heavy atom. The molecule has 0 heterocycles. The van der Waals surface area contributed by atoms with Crippen molar-refractivity contribution in [1.29, 1.82) is 0 Å². The first-order chi connectivity index (χ1) is 11.0. The molecule has 0 unspecified atom stereocenters. The smallest absolute Gasteiger partial charge is 0.161 e. The van der Waals surface area contributed by atoms with Crippen molar-refractivity contribution in [2.24, 2.45) is 4.99 Å². The molecule has 1 N–H and O–H groups in total. The normalized spacial score (nSPS) is 12.1. The second-order valence-corrected chi connectivity index (χ2v) is 7.18. The molecule has 2 aromatic rings. The van der Waals surface area contributed by atoms with E-state index < -0.39 is 0 Å². The number of aliphatic imine (C=N–C) groups is 1. The molecule has 4 heteroatoms. The second kappa shape index (κ2) is 8.06. The summed E-state index contributed by atoms with van der Waals surface area (Å²) in [6, 6.07) is 18.3. The van der Waals surface area contributed by atoms with Crippen LogP contribution in [0.5, 0.6) is 5.75 Å². The monoisotopic (exact) mass is 328 g/mol. The molecular weight excluding hydrogens is 304 g/mol. The number of benzene rings is 2. The van der Waals surface area contributed by atoms with E-state index in [1.165, 1.54) is 5.56 Å². The lowest BCUT2D eigenvalue weighted by Crippen LogP contribution is -2.18. The van der Waals surface area contributed by atoms with Gasteiger partial charge in [0.25, 0.3) is 0 Å². The molecule has 0 amide bonds. The summed E-state index contributed by atoms with van der Waals surface area (Å²) in [5.74, 6) is 1.74. The van der Waals surface area contributed by atoms with Gasteiger partial charge < -0.3 is 10.1 Å². The molecule has 0 aliphatic carbocycles. The second-order valence-electron chi connectivity index (χ2n) is 6.22. The van der Waals surface area contributed by atoms with Gasteiger partial charge in [-0.2, -0.15) is 0 Å². The van der Waals surface area contributed by atoms with Crippen LogP contribution in [0.3, 0.4) is 0 Å². The molecule has 23 heavy (non-hydrogen) atoms. The highest BCUT2D eigenvalue weighted by atomic mass is 32.2. The third-order valence-corrected chi connectivity index (χ3v) is 3.94. The number of nitrogens with one attached hydrogen (secondary N) is 1. The molecule has 0 aliphatic rings. The average molecular weight is 328 g/mol. The van der Waals surface area contributed by atoms with Crippen molar-refractivity contribution in [2.45, 2.75) is 32.1 Å². The largest absolute Gasteiger partial charge is 0.497 e. The fourth-order valence-corrected chi connectivity index (χ4v) is 2.95. The molecule has 122 valence electrons. The predicted molar refractivity (Wildman–Crippen MR) is 102 cm³/mol. The topological polar surface area (TPSA) is 33.6 Å². The maximum atomic E-state index is 5.20. The summed E-state index contributed by atoms with van der Waals surface area (Å²) in [6.45, 7) is 6.31. The van der Waals surface area contributed by atoms with Gasteiger partial charge >= 0.3 is 0 Å². The Labute approximate surface area is 143 Å². The van der Waals surface area contributed by atoms with Crippen LogP contribution in [-0.4, -0.2) is 17.8 Å². The van der Waals surface area contributed by atoms with Gasteiger partial charge in [0.1, 0.15) is 5.75 Å². The Balaban J connectivity index is 2.09. The van der Waals surface area contributed by atoms with Crippen LogP contribution in [0.15, 0.2) is 59.6 Å². The first-order valence-corrected chi connectivity index (χ1v) is 8.62. The third-order valence-electron chi connectivity index (χ3n) is 3.00. The minimum atomic E-state index is -0.126. The lowest BCUT2D eigenvalue weighted by molar-refractivity contribution is 0.415. The van der Waals surface area contributed by atoms with Crippen LogP contribution in [0.4, 0.5) is 5.69 Å². The van der Waals surface area contributed by atoms with Crippen molar-refractivity contribution >= 4 is 22.6 Å². The standard InChI is InChI=1S/C19H24N2OS/c1-19(2,3)21-18(23-14-15-8-6-5-7-9-15)20-16-10-12-17(22-4)13-11-16/h5-13H,14H2,1-4H3,(H,20,21). The third kappa shape index (κ3) is 6.37. The molecule has 0 fully saturated rings. The molecule has 0 saturated carbocycles. The highest BCUT2D eigenvalue weighted by Crippen LogP contribution is 2.21. The van der Waals surface area contributed by atoms with E-state index in [1.807, 2.05) is 30.3 Å². The fourth-order valence-electron chi connectivity index (χ4n) is 1.92. The van der Waals surface area contributed by atoms with E-state index in [4.69, 9.17) is 9.73 Å². The van der Waals surface area contributed by atoms with Crippen LogP contribution in [0, 0.1) is 0 Å². The summed E-state index contributed by atoms with van der Waals surface area (Å²) >= 11 is 1.71. The van der Waals surface area contributed by atoms with Gasteiger partial charge in [-0.05, 0) is 50.6 Å². The van der Waals surface area contributed by atoms with Crippen molar-refractivity contribution < 1.29 is 4.74 Å². The highest BCUT2D eigenvalue weighted by molar-refractivity contribution is 8.13. The summed E-state index contributed by atoms with van der Waals surface area (Å²) in [4.78, 5) is 4.80. The maximum Gasteiger partial charge on any atom is 0.161 e. The number of methoxy groups -OCH3 is 1. The van der Waals surface area contributed by atoms with E-state index in [0.717, 1.165) is 22.4 Å². The lowest BCUT2D eigenvalue weighted by atomic mass is 10.1. The molecule has 0 atom stereocenters. The van der Waals surface area contributed by atoms with Gasteiger partial charge in [-0.15, -0.1) is 0 Å². The number of anilines is 1. The zero-order valence-corrected chi connectivity index (χ0v) is 15.0. The predicted octanol–water partition coefficient (Wildman–Crippen LogP) is 5.20. The molecule has 0 bridgehead atoms. The van der Waals surface area contributed by atoms with E-state index >= 15 is 0 Å². The van der Waals surface area contributed by atoms with Crippen molar-refractivity contribution in [3.05, 3.63) is 60.2 Å². The number of thioether (sulfide) groups is 1. The van der Waals surface area contributed by atoms with E-state index in [0.29, 0.717) is 0 Å². The average Bonchev–Trinajstić information content (AvgIpc) is 2.53. The SMILES string of the molecule is COc1ccc(NC(=NC(C)(C)C)SCc2ccccc2)cc1. The Morgan fingerprint density at radius 2 is 1.70 bits per heavy atom. The number of nitrogens with zero attached hydrogens (tertiary/aromatic N) is 1. The maximum absolute atomic E-state index is 5.20. The number of ether oxygens (including phenoxy) is 1. The number of rotatable bonds is 4. The lowest BCUT2D eigenvalue weighted by Gasteiger charge is -2.17. The first-order valence-electron chi connectivity index (χ1n) is 7.64. The van der Waals surface area contributed by atoms with Crippen LogP contribution >= 0.6 is 11.8 Å². The molecule has 2 rings (SSSR count). The molecule has 0 aliphatic heterocycles. The number of hydrogen-bond acceptors (Lipinski definition) is 3. The van der Waals surface area contributed by atoms with E-state index in [-0.39, 0.29) is 5.54 Å². The first kappa shape index (κ1) is 17.4. The summed E-state index contributed by atoms with van der Waals surface area (Å²) < 4.78 is 5.20. The Morgan fingerprint density at radius 1 is 1.04 bits per heavy atom. The number of hydrogen-bond donors (Lipinski definition) is 1. The van der Waals surface area contributed by atoms with Gasteiger partial charge in [0.15, 0.2) is 5.17 Å². The van der Waals surface area contributed by atoms with Crippen LogP contribution in [0.25, 0.3) is 0 Å². The summed E-state index contributed by atoms with van der Waals surface area (Å²) in [7, 11) is 1.67. The summed E-state index contributed by atoms with van der Waals surface area (Å²) in [5.41, 5.74) is 2.17. The van der Waals surface area contributed by atoms with Crippen molar-refractivity contribution in [3.63, 3.8) is 0 Å². The molecular formula is C19H24N2OS. The quantitative estimate of drug-likeness (QED) is 0.619. The molecule has 0 saturated heterocycles. The fraction of sp³-hybridized carbons (Fsp3) is 0.316. The van der Waals surface area contributed by atoms with Crippen LogP contribution in [-0.2, 0) is 5.75 Å². The van der Waals surface area contributed by atoms with E-state index in [9.17, 15) is 0 Å². The zero-order valence-electron chi connectivity index (χ0n) is 14.2. The van der Waals surface area contributed by atoms with Gasteiger partial charge in [0, 0.05) is 11.4 Å². The summed E-state index contributed by atoms with van der Waals surface area (Å²) in [5, 5.41) is 4.34. The van der Waals surface area contributed by atoms with E-state index in [1.54, 1.807) is 18.9 Å². The molecule has 0 spiro atoms. The Kier molecular flexibility index (Phi) is 6.11. The van der Waals surface area contributed by atoms with Crippen LogP contribution in [0.1, 0.15) is 26.3 Å². The Hall–Kier alpha value is -1.94. The van der Waals surface area contributed by atoms with Gasteiger partial charge in [-0.25, -0.2) is 0 Å².